The molecule has 126 valence electrons. The number of aromatic amines is 1. The Morgan fingerprint density at radius 2 is 2.00 bits per heavy atom. The van der Waals surface area contributed by atoms with Gasteiger partial charge in [-0.15, -0.1) is 0 Å². The summed E-state index contributed by atoms with van der Waals surface area (Å²) in [5.41, 5.74) is 3.00. The van der Waals surface area contributed by atoms with E-state index in [9.17, 15) is 9.59 Å². The van der Waals surface area contributed by atoms with Crippen LogP contribution in [0.1, 0.15) is 24.1 Å². The van der Waals surface area contributed by atoms with E-state index in [1.54, 1.807) is 0 Å². The number of benzene rings is 1. The molecule has 0 atom stereocenters. The standard InChI is InChI=1S/C21H20N2O2/c24-20(13-15-7-3-1-2-4-8-15)23-12-11-17-16-9-5-6-10-18(16)21(25)22-19(17)14-23/h1-3,5-10H,4,11-14H2,(H,22,25). The van der Waals surface area contributed by atoms with Crippen molar-refractivity contribution in [3.05, 3.63) is 81.8 Å². The van der Waals surface area contributed by atoms with Crippen molar-refractivity contribution in [2.75, 3.05) is 6.54 Å². The Balaban J connectivity index is 1.58. The number of H-pyrrole nitrogens is 1. The van der Waals surface area contributed by atoms with Crippen molar-refractivity contribution >= 4 is 16.7 Å². The smallest absolute Gasteiger partial charge is 0.256 e. The summed E-state index contributed by atoms with van der Waals surface area (Å²) in [7, 11) is 0. The normalized spacial score (nSPS) is 16.5. The van der Waals surface area contributed by atoms with Gasteiger partial charge >= 0.3 is 0 Å². The number of carbonyl (C=O) groups is 1. The lowest BCUT2D eigenvalue weighted by Crippen LogP contribution is -2.37. The average Bonchev–Trinajstić information content (AvgIpc) is 2.90. The SMILES string of the molecule is O=C(CC1=CCC=CC=C1)N1CCc2c([nH]c(=O)c3ccccc23)C1. The van der Waals surface area contributed by atoms with E-state index in [0.29, 0.717) is 19.5 Å². The average molecular weight is 332 g/mol. The molecule has 0 saturated heterocycles. The third-order valence-electron chi connectivity index (χ3n) is 4.89. The molecular formula is C21H20N2O2. The fourth-order valence-corrected chi connectivity index (χ4v) is 3.58. The van der Waals surface area contributed by atoms with Crippen LogP contribution in [0.25, 0.3) is 10.8 Å². The first kappa shape index (κ1) is 15.6. The van der Waals surface area contributed by atoms with Gasteiger partial charge in [0.1, 0.15) is 0 Å². The summed E-state index contributed by atoms with van der Waals surface area (Å²) in [5, 5.41) is 1.73. The highest BCUT2D eigenvalue weighted by atomic mass is 16.2. The second-order valence-corrected chi connectivity index (χ2v) is 6.50. The number of nitrogens with zero attached hydrogens (tertiary/aromatic N) is 1. The van der Waals surface area contributed by atoms with Gasteiger partial charge in [0.2, 0.25) is 5.91 Å². The Morgan fingerprint density at radius 1 is 1.16 bits per heavy atom. The van der Waals surface area contributed by atoms with Gasteiger partial charge in [-0.1, -0.05) is 48.6 Å². The van der Waals surface area contributed by atoms with Crippen molar-refractivity contribution in [2.45, 2.75) is 25.8 Å². The molecule has 1 amide bonds. The maximum absolute atomic E-state index is 12.7. The first-order valence-electron chi connectivity index (χ1n) is 8.65. The number of hydrogen-bond donors (Lipinski definition) is 1. The molecule has 0 radical (unpaired) electrons. The number of allylic oxidation sites excluding steroid dienone is 5. The fraction of sp³-hybridized carbons (Fsp3) is 0.238. The van der Waals surface area contributed by atoms with Crippen LogP contribution in [0.3, 0.4) is 0 Å². The largest absolute Gasteiger partial charge is 0.336 e. The summed E-state index contributed by atoms with van der Waals surface area (Å²) in [5.74, 6) is 0.109. The van der Waals surface area contributed by atoms with Gasteiger partial charge in [-0.2, -0.15) is 0 Å². The maximum Gasteiger partial charge on any atom is 0.256 e. The monoisotopic (exact) mass is 332 g/mol. The van der Waals surface area contributed by atoms with E-state index in [-0.39, 0.29) is 11.5 Å². The highest BCUT2D eigenvalue weighted by molar-refractivity contribution is 5.86. The maximum atomic E-state index is 12.7. The Bertz CT molecular complexity index is 979. The molecule has 0 bridgehead atoms. The summed E-state index contributed by atoms with van der Waals surface area (Å²) in [6, 6.07) is 7.68. The van der Waals surface area contributed by atoms with E-state index >= 15 is 0 Å². The molecule has 1 aromatic carbocycles. The van der Waals surface area contributed by atoms with E-state index in [1.165, 1.54) is 0 Å². The van der Waals surface area contributed by atoms with Crippen LogP contribution in [0.15, 0.2) is 65.0 Å². The first-order valence-corrected chi connectivity index (χ1v) is 8.65. The zero-order chi connectivity index (χ0) is 17.2. The lowest BCUT2D eigenvalue weighted by molar-refractivity contribution is -0.131. The highest BCUT2D eigenvalue weighted by Crippen LogP contribution is 2.24. The Hall–Kier alpha value is -2.88. The van der Waals surface area contributed by atoms with Crippen molar-refractivity contribution in [3.63, 3.8) is 0 Å². The number of fused-ring (bicyclic) bond motifs is 3. The minimum absolute atomic E-state index is 0.0795. The molecule has 4 rings (SSSR count). The minimum Gasteiger partial charge on any atom is -0.336 e. The van der Waals surface area contributed by atoms with Gasteiger partial charge in [0, 0.05) is 17.6 Å². The van der Waals surface area contributed by atoms with Crippen molar-refractivity contribution in [1.29, 1.82) is 0 Å². The van der Waals surface area contributed by atoms with Gasteiger partial charge in [-0.25, -0.2) is 0 Å². The second kappa shape index (κ2) is 6.55. The molecule has 4 heteroatoms. The first-order chi connectivity index (χ1) is 12.2. The van der Waals surface area contributed by atoms with Crippen LogP contribution >= 0.6 is 0 Å². The molecule has 2 heterocycles. The third kappa shape index (κ3) is 3.07. The van der Waals surface area contributed by atoms with Crippen LogP contribution in [0.2, 0.25) is 0 Å². The van der Waals surface area contributed by atoms with Crippen LogP contribution in [0.5, 0.6) is 0 Å². The topological polar surface area (TPSA) is 53.2 Å². The molecule has 1 aliphatic carbocycles. The van der Waals surface area contributed by atoms with Crippen molar-refractivity contribution in [2.24, 2.45) is 0 Å². The molecule has 2 aliphatic rings. The number of rotatable bonds is 2. The number of carbonyl (C=O) groups excluding carboxylic acids is 1. The number of amides is 1. The molecular weight excluding hydrogens is 312 g/mol. The quantitative estimate of drug-likeness (QED) is 0.918. The minimum atomic E-state index is -0.0795. The Labute approximate surface area is 146 Å². The lowest BCUT2D eigenvalue weighted by Gasteiger charge is -2.29. The molecule has 1 aromatic heterocycles. The van der Waals surface area contributed by atoms with E-state index < -0.39 is 0 Å². The summed E-state index contributed by atoms with van der Waals surface area (Å²) in [4.78, 5) is 29.8. The predicted molar refractivity (Wildman–Crippen MR) is 99.3 cm³/mol. The molecule has 2 aromatic rings. The van der Waals surface area contributed by atoms with E-state index in [4.69, 9.17) is 0 Å². The molecule has 1 aliphatic heterocycles. The van der Waals surface area contributed by atoms with Crippen molar-refractivity contribution in [1.82, 2.24) is 9.88 Å². The van der Waals surface area contributed by atoms with E-state index in [0.717, 1.165) is 40.4 Å². The van der Waals surface area contributed by atoms with Crippen LogP contribution in [-0.4, -0.2) is 22.3 Å². The van der Waals surface area contributed by atoms with Crippen LogP contribution < -0.4 is 5.56 Å². The molecule has 0 spiro atoms. The number of pyridine rings is 1. The van der Waals surface area contributed by atoms with Gasteiger partial charge in [0.15, 0.2) is 0 Å². The zero-order valence-corrected chi connectivity index (χ0v) is 14.0. The van der Waals surface area contributed by atoms with Gasteiger partial charge in [0.05, 0.1) is 13.0 Å². The van der Waals surface area contributed by atoms with Gasteiger partial charge < -0.3 is 9.88 Å². The summed E-state index contributed by atoms with van der Waals surface area (Å²) in [6.07, 6.45) is 12.2. The summed E-state index contributed by atoms with van der Waals surface area (Å²) >= 11 is 0. The Morgan fingerprint density at radius 3 is 2.88 bits per heavy atom. The van der Waals surface area contributed by atoms with E-state index in [2.05, 4.69) is 17.1 Å². The zero-order valence-electron chi connectivity index (χ0n) is 14.0. The third-order valence-corrected chi connectivity index (χ3v) is 4.89. The van der Waals surface area contributed by atoms with Gasteiger partial charge in [-0.3, -0.25) is 9.59 Å². The van der Waals surface area contributed by atoms with Crippen LogP contribution in [-0.2, 0) is 17.8 Å². The molecule has 0 fully saturated rings. The second-order valence-electron chi connectivity index (χ2n) is 6.50. The molecule has 4 nitrogen and oxygen atoms in total. The molecule has 0 unspecified atom stereocenters. The van der Waals surface area contributed by atoms with Gasteiger partial charge in [-0.05, 0) is 35.4 Å². The van der Waals surface area contributed by atoms with Crippen molar-refractivity contribution in [3.8, 4) is 0 Å². The fourth-order valence-electron chi connectivity index (χ4n) is 3.58. The number of aromatic nitrogens is 1. The highest BCUT2D eigenvalue weighted by Gasteiger charge is 2.23. The molecule has 1 N–H and O–H groups in total. The van der Waals surface area contributed by atoms with E-state index in [1.807, 2.05) is 47.4 Å². The molecule has 25 heavy (non-hydrogen) atoms. The Kier molecular flexibility index (Phi) is 4.10. The number of hydrogen-bond acceptors (Lipinski definition) is 2. The van der Waals surface area contributed by atoms with Crippen molar-refractivity contribution < 1.29 is 4.79 Å². The summed E-state index contributed by atoms with van der Waals surface area (Å²) < 4.78 is 0. The van der Waals surface area contributed by atoms with Gasteiger partial charge in [0.25, 0.3) is 5.56 Å². The lowest BCUT2D eigenvalue weighted by atomic mass is 9.97. The number of nitrogens with one attached hydrogen (secondary N) is 1. The van der Waals surface area contributed by atoms with Crippen LogP contribution in [0.4, 0.5) is 0 Å². The molecule has 0 saturated carbocycles. The van der Waals surface area contributed by atoms with Crippen LogP contribution in [0, 0.1) is 0 Å². The summed E-state index contributed by atoms with van der Waals surface area (Å²) in [6.45, 7) is 1.17. The predicted octanol–water partition coefficient (Wildman–Crippen LogP) is 3.25.